The van der Waals surface area contributed by atoms with Gasteiger partial charge >= 0.3 is 5.97 Å². The van der Waals surface area contributed by atoms with Crippen molar-refractivity contribution in [1.29, 1.82) is 0 Å². The Hall–Kier alpha value is -0.220. The van der Waals surface area contributed by atoms with E-state index in [1.807, 2.05) is 7.05 Å². The number of hydrogen-bond donors (Lipinski definition) is 1. The van der Waals surface area contributed by atoms with Crippen LogP contribution in [-0.2, 0) is 9.53 Å². The molecule has 2 unspecified atom stereocenters. The molecule has 1 aliphatic carbocycles. The lowest BCUT2D eigenvalue weighted by Gasteiger charge is -2.18. The molecule has 1 aliphatic rings. The van der Waals surface area contributed by atoms with Crippen LogP contribution in [0.25, 0.3) is 0 Å². The largest absolute Gasteiger partial charge is 0.468 e. The molecule has 0 saturated heterocycles. The Labute approximate surface area is 96.3 Å². The fourth-order valence-electron chi connectivity index (χ4n) is 2.21. The third-order valence-corrected chi connectivity index (χ3v) is 4.07. The van der Waals surface area contributed by atoms with Gasteiger partial charge in [0.1, 0.15) is 0 Å². The molecule has 0 aromatic rings. The molecule has 0 amide bonds. The lowest BCUT2D eigenvalue weighted by Crippen LogP contribution is -2.29. The molecule has 0 aromatic carbocycles. The summed E-state index contributed by atoms with van der Waals surface area (Å²) in [5.41, 5.74) is 0. The first-order chi connectivity index (χ1) is 7.27. The van der Waals surface area contributed by atoms with Crippen LogP contribution in [0, 0.1) is 5.92 Å². The van der Waals surface area contributed by atoms with Crippen LogP contribution in [0.1, 0.15) is 25.7 Å². The first-order valence-electron chi connectivity index (χ1n) is 5.59. The average molecular weight is 231 g/mol. The van der Waals surface area contributed by atoms with Gasteiger partial charge in [-0.25, -0.2) is 0 Å². The van der Waals surface area contributed by atoms with Gasteiger partial charge in [-0.15, -0.1) is 0 Å². The standard InChI is InChI=1S/C11H21NO2S/c1-12-10-5-3-4-9(10)6-7-15-8-11(13)14-2/h9-10,12H,3-8H2,1-2H3. The van der Waals surface area contributed by atoms with Gasteiger partial charge in [0.25, 0.3) is 0 Å². The fourth-order valence-corrected chi connectivity index (χ4v) is 3.11. The molecule has 1 fully saturated rings. The van der Waals surface area contributed by atoms with E-state index in [0.717, 1.165) is 11.7 Å². The van der Waals surface area contributed by atoms with Crippen LogP contribution in [0.2, 0.25) is 0 Å². The van der Waals surface area contributed by atoms with Crippen LogP contribution in [-0.4, -0.2) is 37.7 Å². The molecule has 15 heavy (non-hydrogen) atoms. The maximum absolute atomic E-state index is 10.9. The van der Waals surface area contributed by atoms with Gasteiger partial charge in [0, 0.05) is 6.04 Å². The Balaban J connectivity index is 2.06. The number of hydrogen-bond acceptors (Lipinski definition) is 4. The number of esters is 1. The van der Waals surface area contributed by atoms with Crippen LogP contribution in [0.3, 0.4) is 0 Å². The van der Waals surface area contributed by atoms with Crippen molar-refractivity contribution in [3.63, 3.8) is 0 Å². The maximum atomic E-state index is 10.9. The predicted molar refractivity (Wildman–Crippen MR) is 64.1 cm³/mol. The van der Waals surface area contributed by atoms with Crippen molar-refractivity contribution in [3.8, 4) is 0 Å². The van der Waals surface area contributed by atoms with Gasteiger partial charge in [-0.05, 0) is 38.0 Å². The normalized spacial score (nSPS) is 25.5. The quantitative estimate of drug-likeness (QED) is 0.557. The third kappa shape index (κ3) is 4.43. The molecule has 0 aliphatic heterocycles. The van der Waals surface area contributed by atoms with Crippen LogP contribution in [0.5, 0.6) is 0 Å². The number of carbonyl (C=O) groups is 1. The van der Waals surface area contributed by atoms with E-state index in [1.165, 1.54) is 32.8 Å². The molecule has 0 bridgehead atoms. The van der Waals surface area contributed by atoms with E-state index in [0.29, 0.717) is 11.8 Å². The van der Waals surface area contributed by atoms with E-state index in [1.54, 1.807) is 11.8 Å². The summed E-state index contributed by atoms with van der Waals surface area (Å²) in [7, 11) is 3.49. The van der Waals surface area contributed by atoms with Crippen LogP contribution >= 0.6 is 11.8 Å². The summed E-state index contributed by atoms with van der Waals surface area (Å²) in [6, 6.07) is 0.698. The predicted octanol–water partition coefficient (Wildman–Crippen LogP) is 1.67. The molecule has 1 rings (SSSR count). The summed E-state index contributed by atoms with van der Waals surface area (Å²) >= 11 is 1.68. The minimum atomic E-state index is -0.114. The van der Waals surface area contributed by atoms with E-state index in [-0.39, 0.29) is 5.97 Å². The zero-order valence-corrected chi connectivity index (χ0v) is 10.4. The summed E-state index contributed by atoms with van der Waals surface area (Å²) in [6.07, 6.45) is 5.21. The lowest BCUT2D eigenvalue weighted by molar-refractivity contribution is -0.137. The Morgan fingerprint density at radius 2 is 2.33 bits per heavy atom. The molecule has 1 saturated carbocycles. The third-order valence-electron chi connectivity index (χ3n) is 3.11. The molecule has 1 N–H and O–H groups in total. The zero-order valence-electron chi connectivity index (χ0n) is 9.62. The topological polar surface area (TPSA) is 38.3 Å². The minimum absolute atomic E-state index is 0.114. The van der Waals surface area contributed by atoms with Gasteiger partial charge in [0.2, 0.25) is 0 Å². The van der Waals surface area contributed by atoms with Crippen molar-refractivity contribution in [2.24, 2.45) is 5.92 Å². The summed E-state index contributed by atoms with van der Waals surface area (Å²) in [5.74, 6) is 2.25. The van der Waals surface area contributed by atoms with E-state index in [4.69, 9.17) is 0 Å². The monoisotopic (exact) mass is 231 g/mol. The van der Waals surface area contributed by atoms with Crippen molar-refractivity contribution in [1.82, 2.24) is 5.32 Å². The highest BCUT2D eigenvalue weighted by atomic mass is 32.2. The minimum Gasteiger partial charge on any atom is -0.468 e. The van der Waals surface area contributed by atoms with Gasteiger partial charge in [0.15, 0.2) is 0 Å². The molecule has 0 aromatic heterocycles. The average Bonchev–Trinajstić information content (AvgIpc) is 2.71. The van der Waals surface area contributed by atoms with Gasteiger partial charge < -0.3 is 10.1 Å². The van der Waals surface area contributed by atoms with E-state index in [2.05, 4.69) is 10.1 Å². The fraction of sp³-hybridized carbons (Fsp3) is 0.909. The first kappa shape index (κ1) is 12.8. The second-order valence-electron chi connectivity index (χ2n) is 4.00. The summed E-state index contributed by atoms with van der Waals surface area (Å²) in [6.45, 7) is 0. The number of nitrogens with one attached hydrogen (secondary N) is 1. The van der Waals surface area contributed by atoms with Gasteiger partial charge in [0.05, 0.1) is 12.9 Å². The van der Waals surface area contributed by atoms with Gasteiger partial charge in [-0.1, -0.05) is 6.42 Å². The van der Waals surface area contributed by atoms with Crippen LogP contribution < -0.4 is 5.32 Å². The Kier molecular flexibility index (Phi) is 6.10. The highest BCUT2D eigenvalue weighted by Crippen LogP contribution is 2.29. The molecule has 0 radical (unpaired) electrons. The molecule has 0 spiro atoms. The Bertz CT molecular complexity index is 199. The molecular weight excluding hydrogens is 210 g/mol. The van der Waals surface area contributed by atoms with E-state index < -0.39 is 0 Å². The van der Waals surface area contributed by atoms with Gasteiger partial charge in [-0.3, -0.25) is 4.79 Å². The van der Waals surface area contributed by atoms with Crippen molar-refractivity contribution >= 4 is 17.7 Å². The van der Waals surface area contributed by atoms with Crippen molar-refractivity contribution in [2.75, 3.05) is 25.7 Å². The van der Waals surface area contributed by atoms with E-state index in [9.17, 15) is 4.79 Å². The number of rotatable bonds is 6. The molecule has 4 heteroatoms. The second-order valence-corrected chi connectivity index (χ2v) is 5.11. The van der Waals surface area contributed by atoms with Crippen molar-refractivity contribution < 1.29 is 9.53 Å². The Morgan fingerprint density at radius 1 is 1.53 bits per heavy atom. The molecule has 3 nitrogen and oxygen atoms in total. The Morgan fingerprint density at radius 3 is 3.00 bits per heavy atom. The van der Waals surface area contributed by atoms with E-state index >= 15 is 0 Å². The summed E-state index contributed by atoms with van der Waals surface area (Å²) < 4.78 is 4.59. The smallest absolute Gasteiger partial charge is 0.315 e. The number of ether oxygens (including phenoxy) is 1. The lowest BCUT2D eigenvalue weighted by atomic mass is 10.0. The first-order valence-corrected chi connectivity index (χ1v) is 6.75. The van der Waals surface area contributed by atoms with Crippen molar-refractivity contribution in [3.05, 3.63) is 0 Å². The zero-order chi connectivity index (χ0) is 11.1. The summed E-state index contributed by atoms with van der Waals surface area (Å²) in [5, 5.41) is 3.37. The second kappa shape index (κ2) is 7.12. The van der Waals surface area contributed by atoms with Crippen LogP contribution in [0.15, 0.2) is 0 Å². The molecule has 88 valence electrons. The number of methoxy groups -OCH3 is 1. The maximum Gasteiger partial charge on any atom is 0.315 e. The number of carbonyl (C=O) groups excluding carboxylic acids is 1. The molecule has 0 heterocycles. The SMILES string of the molecule is CNC1CCCC1CCSCC(=O)OC. The van der Waals surface area contributed by atoms with Crippen molar-refractivity contribution in [2.45, 2.75) is 31.7 Å². The van der Waals surface area contributed by atoms with Gasteiger partial charge in [-0.2, -0.15) is 11.8 Å². The van der Waals surface area contributed by atoms with Crippen LogP contribution in [0.4, 0.5) is 0 Å². The summed E-state index contributed by atoms with van der Waals surface area (Å²) in [4.78, 5) is 10.9. The highest BCUT2D eigenvalue weighted by molar-refractivity contribution is 7.99. The molecule has 2 atom stereocenters. The highest BCUT2D eigenvalue weighted by Gasteiger charge is 2.25. The molecular formula is C11H21NO2S. The number of thioether (sulfide) groups is 1.